The second-order valence-electron chi connectivity index (χ2n) is 5.51. The van der Waals surface area contributed by atoms with Crippen LogP contribution in [0.3, 0.4) is 0 Å². The first kappa shape index (κ1) is 16.6. The molecule has 1 heterocycles. The monoisotopic (exact) mass is 365 g/mol. The second-order valence-corrected chi connectivity index (χ2v) is 6.43. The van der Waals surface area contributed by atoms with E-state index in [4.69, 9.17) is 9.15 Å². The van der Waals surface area contributed by atoms with Crippen molar-refractivity contribution in [2.24, 2.45) is 5.92 Å². The van der Waals surface area contributed by atoms with Crippen LogP contribution in [-0.2, 0) is 6.61 Å². The molecule has 1 aromatic heterocycles. The van der Waals surface area contributed by atoms with Gasteiger partial charge in [0.15, 0.2) is 5.76 Å². The van der Waals surface area contributed by atoms with E-state index in [1.54, 1.807) is 12.1 Å². The van der Waals surface area contributed by atoms with Crippen LogP contribution in [0, 0.1) is 5.92 Å². The molecule has 1 atom stereocenters. The Hall–Kier alpha value is -1.75. The Labute approximate surface area is 139 Å². The van der Waals surface area contributed by atoms with Gasteiger partial charge in [0.25, 0.3) is 5.91 Å². The highest BCUT2D eigenvalue weighted by Gasteiger charge is 2.15. The van der Waals surface area contributed by atoms with E-state index < -0.39 is 0 Å². The van der Waals surface area contributed by atoms with Crippen LogP contribution < -0.4 is 10.1 Å². The van der Waals surface area contributed by atoms with Crippen LogP contribution in [0.1, 0.15) is 37.1 Å². The molecule has 0 saturated carbocycles. The van der Waals surface area contributed by atoms with E-state index in [1.807, 2.05) is 31.2 Å². The van der Waals surface area contributed by atoms with Crippen molar-refractivity contribution in [2.45, 2.75) is 33.4 Å². The lowest BCUT2D eigenvalue weighted by Gasteiger charge is -2.16. The minimum atomic E-state index is -0.198. The summed E-state index contributed by atoms with van der Waals surface area (Å²) in [5, 5.41) is 2.91. The minimum absolute atomic E-state index is 0.0973. The van der Waals surface area contributed by atoms with E-state index >= 15 is 0 Å². The molecule has 2 rings (SSSR count). The van der Waals surface area contributed by atoms with Gasteiger partial charge in [0.05, 0.1) is 0 Å². The Morgan fingerprint density at radius 2 is 1.86 bits per heavy atom. The third-order valence-electron chi connectivity index (χ3n) is 3.44. The third-order valence-corrected chi connectivity index (χ3v) is 3.97. The average molecular weight is 366 g/mol. The number of nitrogens with one attached hydrogen (secondary N) is 1. The highest BCUT2D eigenvalue weighted by atomic mass is 79.9. The van der Waals surface area contributed by atoms with Gasteiger partial charge in [-0.15, -0.1) is 0 Å². The van der Waals surface area contributed by atoms with Crippen LogP contribution in [0.2, 0.25) is 0 Å². The van der Waals surface area contributed by atoms with E-state index in [9.17, 15) is 4.79 Å². The number of benzene rings is 1. The molecule has 0 fully saturated rings. The summed E-state index contributed by atoms with van der Waals surface area (Å²) in [6.45, 7) is 6.38. The zero-order valence-electron chi connectivity index (χ0n) is 12.9. The number of amides is 1. The molecule has 1 aromatic carbocycles. The molecule has 0 radical (unpaired) electrons. The van der Waals surface area contributed by atoms with Crippen molar-refractivity contribution in [3.8, 4) is 5.75 Å². The van der Waals surface area contributed by atoms with Crippen molar-refractivity contribution < 1.29 is 13.9 Å². The Balaban J connectivity index is 1.91. The standard InChI is InChI=1S/C17H20BrNO3/c1-11(2)12(3)19-17(20)16-9-8-15(22-16)10-21-14-6-4-13(18)5-7-14/h4-9,11-12H,10H2,1-3H3,(H,19,20). The number of halogens is 1. The van der Waals surface area contributed by atoms with Crippen LogP contribution in [0.5, 0.6) is 5.75 Å². The van der Waals surface area contributed by atoms with Gasteiger partial charge in [-0.3, -0.25) is 4.79 Å². The molecule has 0 aliphatic carbocycles. The molecule has 4 nitrogen and oxygen atoms in total. The molecule has 118 valence electrons. The fourth-order valence-electron chi connectivity index (χ4n) is 1.71. The highest BCUT2D eigenvalue weighted by Crippen LogP contribution is 2.18. The van der Waals surface area contributed by atoms with Gasteiger partial charge in [-0.1, -0.05) is 29.8 Å². The van der Waals surface area contributed by atoms with Crippen molar-refractivity contribution in [2.75, 3.05) is 0 Å². The summed E-state index contributed by atoms with van der Waals surface area (Å²) in [6.07, 6.45) is 0. The summed E-state index contributed by atoms with van der Waals surface area (Å²) in [4.78, 5) is 12.0. The van der Waals surface area contributed by atoms with Gasteiger partial charge in [0.2, 0.25) is 0 Å². The smallest absolute Gasteiger partial charge is 0.287 e. The number of ether oxygens (including phenoxy) is 1. The van der Waals surface area contributed by atoms with E-state index in [2.05, 4.69) is 35.1 Å². The number of furan rings is 1. The minimum Gasteiger partial charge on any atom is -0.486 e. The number of rotatable bonds is 6. The van der Waals surface area contributed by atoms with E-state index in [0.29, 0.717) is 17.4 Å². The summed E-state index contributed by atoms with van der Waals surface area (Å²) in [5.41, 5.74) is 0. The maximum atomic E-state index is 12.0. The molecule has 1 N–H and O–H groups in total. The van der Waals surface area contributed by atoms with Crippen molar-refractivity contribution in [1.82, 2.24) is 5.32 Å². The Bertz CT molecular complexity index is 619. The van der Waals surface area contributed by atoms with Gasteiger partial charge in [0, 0.05) is 10.5 Å². The average Bonchev–Trinajstić information content (AvgIpc) is 2.95. The summed E-state index contributed by atoms with van der Waals surface area (Å²) < 4.78 is 12.1. The van der Waals surface area contributed by atoms with Crippen LogP contribution in [0.15, 0.2) is 45.3 Å². The number of carbonyl (C=O) groups is 1. The second kappa shape index (κ2) is 7.49. The van der Waals surface area contributed by atoms with Crippen molar-refractivity contribution in [1.29, 1.82) is 0 Å². The normalized spacial score (nSPS) is 12.2. The number of hydrogen-bond donors (Lipinski definition) is 1. The maximum Gasteiger partial charge on any atom is 0.287 e. The predicted molar refractivity (Wildman–Crippen MR) is 88.9 cm³/mol. The van der Waals surface area contributed by atoms with Gasteiger partial charge in [-0.2, -0.15) is 0 Å². The van der Waals surface area contributed by atoms with Gasteiger partial charge >= 0.3 is 0 Å². The summed E-state index contributed by atoms with van der Waals surface area (Å²) >= 11 is 3.37. The fourth-order valence-corrected chi connectivity index (χ4v) is 1.97. The SMILES string of the molecule is CC(C)C(C)NC(=O)c1ccc(COc2ccc(Br)cc2)o1. The lowest BCUT2D eigenvalue weighted by Crippen LogP contribution is -2.35. The molecule has 1 amide bonds. The molecule has 0 aliphatic heterocycles. The van der Waals surface area contributed by atoms with Crippen molar-refractivity contribution >= 4 is 21.8 Å². The van der Waals surface area contributed by atoms with Gasteiger partial charge in [-0.05, 0) is 49.2 Å². The largest absolute Gasteiger partial charge is 0.486 e. The highest BCUT2D eigenvalue weighted by molar-refractivity contribution is 9.10. The van der Waals surface area contributed by atoms with Crippen molar-refractivity contribution in [3.63, 3.8) is 0 Å². The summed E-state index contributed by atoms with van der Waals surface area (Å²) in [5.74, 6) is 1.85. The molecule has 0 aliphatic rings. The first-order valence-corrected chi connectivity index (χ1v) is 8.03. The van der Waals surface area contributed by atoms with Gasteiger partial charge in [-0.25, -0.2) is 0 Å². The van der Waals surface area contributed by atoms with Crippen LogP contribution in [0.25, 0.3) is 0 Å². The molecule has 0 saturated heterocycles. The van der Waals surface area contributed by atoms with E-state index in [-0.39, 0.29) is 18.6 Å². The zero-order valence-corrected chi connectivity index (χ0v) is 14.5. The number of hydrogen-bond acceptors (Lipinski definition) is 3. The molecule has 22 heavy (non-hydrogen) atoms. The summed E-state index contributed by atoms with van der Waals surface area (Å²) in [6, 6.07) is 11.1. The van der Waals surface area contributed by atoms with E-state index in [1.165, 1.54) is 0 Å². The topological polar surface area (TPSA) is 51.5 Å². The zero-order chi connectivity index (χ0) is 16.1. The van der Waals surface area contributed by atoms with E-state index in [0.717, 1.165) is 10.2 Å². The van der Waals surface area contributed by atoms with Crippen LogP contribution >= 0.6 is 15.9 Å². The quantitative estimate of drug-likeness (QED) is 0.825. The lowest BCUT2D eigenvalue weighted by molar-refractivity contribution is 0.0898. The van der Waals surface area contributed by atoms with Gasteiger partial charge in [0.1, 0.15) is 18.1 Å². The molecule has 0 spiro atoms. The molecule has 5 heteroatoms. The Morgan fingerprint density at radius 1 is 1.18 bits per heavy atom. The first-order chi connectivity index (χ1) is 10.5. The first-order valence-electron chi connectivity index (χ1n) is 7.23. The number of carbonyl (C=O) groups excluding carboxylic acids is 1. The predicted octanol–water partition coefficient (Wildman–Crippen LogP) is 4.40. The fraction of sp³-hybridized carbons (Fsp3) is 0.353. The third kappa shape index (κ3) is 4.63. The van der Waals surface area contributed by atoms with Crippen LogP contribution in [0.4, 0.5) is 0 Å². The Kier molecular flexibility index (Phi) is 5.66. The molecule has 2 aromatic rings. The molecular formula is C17H20BrNO3. The lowest BCUT2D eigenvalue weighted by atomic mass is 10.1. The van der Waals surface area contributed by atoms with Crippen molar-refractivity contribution in [3.05, 3.63) is 52.4 Å². The van der Waals surface area contributed by atoms with Gasteiger partial charge < -0.3 is 14.5 Å². The molecular weight excluding hydrogens is 346 g/mol. The Morgan fingerprint density at radius 3 is 2.50 bits per heavy atom. The molecule has 0 bridgehead atoms. The van der Waals surface area contributed by atoms with Crippen LogP contribution in [-0.4, -0.2) is 11.9 Å². The summed E-state index contributed by atoms with van der Waals surface area (Å²) in [7, 11) is 0. The maximum absolute atomic E-state index is 12.0. The molecule has 1 unspecified atom stereocenters.